The Bertz CT molecular complexity index is 1030. The summed E-state index contributed by atoms with van der Waals surface area (Å²) in [4.78, 5) is 26.7. The lowest BCUT2D eigenvalue weighted by Gasteiger charge is -2.45. The molecule has 2 aromatic rings. The second-order valence-electron chi connectivity index (χ2n) is 7.89. The van der Waals surface area contributed by atoms with Crippen LogP contribution in [0, 0.1) is 11.7 Å². The molecule has 1 aliphatic carbocycles. The normalized spacial score (nSPS) is 24.0. The van der Waals surface area contributed by atoms with Gasteiger partial charge in [-0.2, -0.15) is 4.98 Å². The summed E-state index contributed by atoms with van der Waals surface area (Å²) in [6.07, 6.45) is 7.75. The van der Waals surface area contributed by atoms with Gasteiger partial charge in [0.1, 0.15) is 17.1 Å². The molecule has 2 N–H and O–H groups in total. The van der Waals surface area contributed by atoms with Crippen LogP contribution in [0.1, 0.15) is 31.2 Å². The maximum Gasteiger partial charge on any atom is 0.241 e. The summed E-state index contributed by atoms with van der Waals surface area (Å²) in [6.45, 7) is 0.427. The number of rotatable bonds is 4. The molecule has 10 heteroatoms. The average Bonchev–Trinajstić information content (AvgIpc) is 3.69. The van der Waals surface area contributed by atoms with Crippen molar-refractivity contribution in [1.82, 2.24) is 14.9 Å². The molecule has 1 aromatic carbocycles. The molecule has 3 aliphatic rings. The molecule has 2 fully saturated rings. The van der Waals surface area contributed by atoms with Gasteiger partial charge in [0, 0.05) is 19.2 Å². The number of amides is 1. The number of carbonyl (C=O) groups is 1. The SMILES string of the molecule is C1CC1.COc1cncc(Oc2ccc(F)c(C34COCCC3C(=O)N(C)C(N)=N4)c2)n1. The van der Waals surface area contributed by atoms with Gasteiger partial charge in [0.05, 0.1) is 32.0 Å². The Morgan fingerprint density at radius 2 is 2.00 bits per heavy atom. The van der Waals surface area contributed by atoms with Gasteiger partial charge in [0.15, 0.2) is 5.96 Å². The molecule has 9 nitrogen and oxygen atoms in total. The molecular weight excluding hydrogens is 417 g/mol. The molecule has 1 amide bonds. The molecule has 0 spiro atoms. The number of benzene rings is 1. The Hall–Kier alpha value is -3.27. The van der Waals surface area contributed by atoms with Crippen molar-refractivity contribution in [3.8, 4) is 17.5 Å². The van der Waals surface area contributed by atoms with E-state index in [4.69, 9.17) is 19.9 Å². The Morgan fingerprint density at radius 3 is 2.72 bits per heavy atom. The molecule has 0 radical (unpaired) electrons. The second-order valence-corrected chi connectivity index (χ2v) is 7.89. The number of hydrogen-bond acceptors (Lipinski definition) is 8. The Balaban J connectivity index is 0.000000754. The number of nitrogens with zero attached hydrogens (tertiary/aromatic N) is 4. The maximum atomic E-state index is 14.9. The first kappa shape index (κ1) is 21.9. The highest BCUT2D eigenvalue weighted by molar-refractivity contribution is 6.00. The van der Waals surface area contributed by atoms with E-state index < -0.39 is 17.3 Å². The van der Waals surface area contributed by atoms with E-state index in [0.29, 0.717) is 18.8 Å². The number of aliphatic imine (C=N–C) groups is 1. The summed E-state index contributed by atoms with van der Waals surface area (Å²) < 4.78 is 31.3. The van der Waals surface area contributed by atoms with Gasteiger partial charge in [0.25, 0.3) is 0 Å². The highest BCUT2D eigenvalue weighted by Crippen LogP contribution is 2.44. The van der Waals surface area contributed by atoms with E-state index in [9.17, 15) is 9.18 Å². The van der Waals surface area contributed by atoms with Crippen molar-refractivity contribution in [1.29, 1.82) is 0 Å². The molecule has 1 aromatic heterocycles. The number of aromatic nitrogens is 2. The summed E-state index contributed by atoms with van der Waals surface area (Å²) in [6, 6.07) is 4.21. The van der Waals surface area contributed by atoms with E-state index in [1.807, 2.05) is 0 Å². The van der Waals surface area contributed by atoms with E-state index in [1.165, 1.54) is 61.9 Å². The van der Waals surface area contributed by atoms with Crippen LogP contribution in [0.25, 0.3) is 0 Å². The van der Waals surface area contributed by atoms with Crippen LogP contribution in [0.15, 0.2) is 35.6 Å². The van der Waals surface area contributed by atoms with Crippen LogP contribution in [-0.4, -0.2) is 54.1 Å². The van der Waals surface area contributed by atoms with Gasteiger partial charge in [-0.25, -0.2) is 9.38 Å². The minimum absolute atomic E-state index is 0.0149. The van der Waals surface area contributed by atoms with Gasteiger partial charge < -0.3 is 19.9 Å². The fraction of sp³-hybridized carbons (Fsp3) is 0.455. The van der Waals surface area contributed by atoms with Gasteiger partial charge in [-0.15, -0.1) is 0 Å². The zero-order valence-electron chi connectivity index (χ0n) is 18.1. The summed E-state index contributed by atoms with van der Waals surface area (Å²) in [5.74, 6) is -0.553. The first-order valence-corrected chi connectivity index (χ1v) is 10.5. The zero-order valence-corrected chi connectivity index (χ0v) is 18.1. The van der Waals surface area contributed by atoms with Crippen molar-refractivity contribution in [2.45, 2.75) is 31.2 Å². The van der Waals surface area contributed by atoms with Crippen molar-refractivity contribution in [3.05, 3.63) is 42.0 Å². The summed E-state index contributed by atoms with van der Waals surface area (Å²) in [7, 11) is 3.02. The predicted octanol–water partition coefficient (Wildman–Crippen LogP) is 2.61. The number of methoxy groups -OCH3 is 1. The van der Waals surface area contributed by atoms with Crippen molar-refractivity contribution in [2.75, 3.05) is 27.4 Å². The van der Waals surface area contributed by atoms with E-state index in [2.05, 4.69) is 15.0 Å². The van der Waals surface area contributed by atoms with Crippen LogP contribution >= 0.6 is 0 Å². The number of guanidine groups is 1. The number of halogens is 1. The van der Waals surface area contributed by atoms with Crippen LogP contribution in [0.4, 0.5) is 4.39 Å². The van der Waals surface area contributed by atoms with Crippen LogP contribution in [0.2, 0.25) is 0 Å². The highest BCUT2D eigenvalue weighted by atomic mass is 19.1. The largest absolute Gasteiger partial charge is 0.480 e. The van der Waals surface area contributed by atoms with Gasteiger partial charge in [-0.3, -0.25) is 14.7 Å². The van der Waals surface area contributed by atoms with Gasteiger partial charge in [0.2, 0.25) is 17.7 Å². The molecule has 32 heavy (non-hydrogen) atoms. The van der Waals surface area contributed by atoms with Crippen LogP contribution < -0.4 is 15.2 Å². The fourth-order valence-electron chi connectivity index (χ4n) is 3.66. The predicted molar refractivity (Wildman–Crippen MR) is 114 cm³/mol. The Morgan fingerprint density at radius 1 is 1.25 bits per heavy atom. The molecule has 2 unspecified atom stereocenters. The smallest absolute Gasteiger partial charge is 0.241 e. The first-order valence-electron chi connectivity index (χ1n) is 10.5. The molecule has 1 saturated carbocycles. The average molecular weight is 443 g/mol. The van der Waals surface area contributed by atoms with Crippen LogP contribution in [0.3, 0.4) is 0 Å². The summed E-state index contributed by atoms with van der Waals surface area (Å²) in [5, 5.41) is 0. The summed E-state index contributed by atoms with van der Waals surface area (Å²) >= 11 is 0. The minimum Gasteiger partial charge on any atom is -0.480 e. The van der Waals surface area contributed by atoms with Crippen molar-refractivity contribution in [2.24, 2.45) is 16.6 Å². The van der Waals surface area contributed by atoms with Crippen LogP contribution in [-0.2, 0) is 15.1 Å². The Kier molecular flexibility index (Phi) is 6.22. The molecule has 5 rings (SSSR count). The standard InChI is InChI=1S/C19H20FN5O4.C3H6/c1-25-17(26)12-5-6-28-10-19(12,24-18(25)21)13-7-11(3-4-14(13)20)29-16-9-22-8-15(23-16)27-2;1-2-3-1/h3-4,7-9,12H,5-6,10H2,1-2H3,(H2,21,24);1-3H2. The lowest BCUT2D eigenvalue weighted by atomic mass is 9.74. The summed E-state index contributed by atoms with van der Waals surface area (Å²) in [5.41, 5.74) is 4.88. The monoisotopic (exact) mass is 443 g/mol. The van der Waals surface area contributed by atoms with Gasteiger partial charge in [-0.05, 0) is 24.6 Å². The van der Waals surface area contributed by atoms with Crippen molar-refractivity contribution < 1.29 is 23.4 Å². The molecule has 2 aliphatic heterocycles. The van der Waals surface area contributed by atoms with Gasteiger partial charge >= 0.3 is 0 Å². The van der Waals surface area contributed by atoms with Crippen LogP contribution in [0.5, 0.6) is 17.5 Å². The molecule has 1 saturated heterocycles. The number of ether oxygens (including phenoxy) is 3. The third-order valence-corrected chi connectivity index (χ3v) is 5.52. The highest BCUT2D eigenvalue weighted by Gasteiger charge is 2.52. The molecule has 0 bridgehead atoms. The quantitative estimate of drug-likeness (QED) is 0.773. The first-order chi connectivity index (χ1) is 15.4. The molecule has 3 heterocycles. The van der Waals surface area contributed by atoms with Gasteiger partial charge in [-0.1, -0.05) is 19.3 Å². The van der Waals surface area contributed by atoms with E-state index in [1.54, 1.807) is 7.05 Å². The maximum absolute atomic E-state index is 14.9. The second kappa shape index (κ2) is 9.07. The number of fused-ring (bicyclic) bond motifs is 1. The third-order valence-electron chi connectivity index (χ3n) is 5.52. The molecular formula is C22H26FN5O4. The van der Waals surface area contributed by atoms with Crippen molar-refractivity contribution in [3.63, 3.8) is 0 Å². The fourth-order valence-corrected chi connectivity index (χ4v) is 3.66. The number of carbonyl (C=O) groups excluding carboxylic acids is 1. The number of hydrogen-bond donors (Lipinski definition) is 1. The lowest BCUT2D eigenvalue weighted by molar-refractivity contribution is -0.140. The topological polar surface area (TPSA) is 112 Å². The van der Waals surface area contributed by atoms with E-state index in [0.717, 1.165) is 0 Å². The van der Waals surface area contributed by atoms with E-state index >= 15 is 0 Å². The number of nitrogens with two attached hydrogens (primary N) is 1. The lowest BCUT2D eigenvalue weighted by Crippen LogP contribution is -2.58. The van der Waals surface area contributed by atoms with Crippen molar-refractivity contribution >= 4 is 11.9 Å². The van der Waals surface area contributed by atoms with E-state index in [-0.39, 0.29) is 35.8 Å². The molecule has 170 valence electrons. The zero-order chi connectivity index (χ0) is 22.7. The Labute approximate surface area is 185 Å². The molecule has 2 atom stereocenters. The minimum atomic E-state index is -1.25. The third kappa shape index (κ3) is 4.36.